The molecule has 1 atom stereocenters. The highest BCUT2D eigenvalue weighted by molar-refractivity contribution is 8.24. The van der Waals surface area contributed by atoms with Gasteiger partial charge < -0.3 is 14.2 Å². The van der Waals surface area contributed by atoms with Crippen molar-refractivity contribution in [1.82, 2.24) is 0 Å². The molecule has 44 heavy (non-hydrogen) atoms. The zero-order valence-electron chi connectivity index (χ0n) is 26.6. The number of carbonyl (C=O) groups excluding carboxylic acids is 2. The molecule has 2 aliphatic carbocycles. The molecule has 0 N–H and O–H groups in total. The quantitative estimate of drug-likeness (QED) is 0.0735. The molecule has 4 rings (SSSR count). The average molecular weight is 639 g/mol. The molecule has 0 amide bonds. The summed E-state index contributed by atoms with van der Waals surface area (Å²) >= 11 is 2.63. The maximum absolute atomic E-state index is 13.5. The lowest BCUT2D eigenvalue weighted by atomic mass is 9.69. The number of nitrogens with zero attached hydrogens (tertiary/aromatic N) is 2. The van der Waals surface area contributed by atoms with E-state index in [1.165, 1.54) is 55.6 Å². The van der Waals surface area contributed by atoms with Gasteiger partial charge in [-0.1, -0.05) is 63.6 Å². The van der Waals surface area contributed by atoms with Crippen LogP contribution in [0.15, 0.2) is 25.8 Å². The van der Waals surface area contributed by atoms with Gasteiger partial charge in [0.2, 0.25) is 0 Å². The summed E-state index contributed by atoms with van der Waals surface area (Å²) < 4.78 is 18.2. The molecule has 9 heteroatoms. The number of ether oxygens (including phenoxy) is 3. The van der Waals surface area contributed by atoms with Crippen LogP contribution in [-0.4, -0.2) is 25.2 Å². The number of hydrogen-bond donors (Lipinski definition) is 0. The van der Waals surface area contributed by atoms with E-state index in [0.717, 1.165) is 65.2 Å². The van der Waals surface area contributed by atoms with E-state index in [4.69, 9.17) is 20.8 Å². The van der Waals surface area contributed by atoms with Crippen molar-refractivity contribution >= 4 is 35.5 Å². The number of unbranched alkanes of at least 4 members (excludes halogenated alkanes) is 1. The fourth-order valence-corrected chi connectivity index (χ4v) is 9.07. The Kier molecular flexibility index (Phi) is 12.9. The first-order chi connectivity index (χ1) is 21.3. The number of rotatable bonds is 12. The normalized spacial score (nSPS) is 24.8. The largest absolute Gasteiger partial charge is 0.492 e. The summed E-state index contributed by atoms with van der Waals surface area (Å²) in [5, 5.41) is 9.53. The smallest absolute Gasteiger partial charge is 0.314 e. The average Bonchev–Trinajstić information content (AvgIpc) is 3.49. The highest BCUT2D eigenvalue weighted by Crippen LogP contribution is 2.60. The molecular formula is C35H46N2O5S2. The zero-order valence-corrected chi connectivity index (χ0v) is 28.2. The molecule has 0 aromatic heterocycles. The molecule has 1 unspecified atom stereocenters. The van der Waals surface area contributed by atoms with E-state index in [2.05, 4.69) is 11.8 Å². The second kappa shape index (κ2) is 16.6. The lowest BCUT2D eigenvalue weighted by Crippen LogP contribution is -2.30. The Morgan fingerprint density at radius 1 is 1.02 bits per heavy atom. The molecule has 0 radical (unpaired) electrons. The fraction of sp³-hybridized carbons (Fsp3) is 0.657. The van der Waals surface area contributed by atoms with Crippen LogP contribution in [0.4, 0.5) is 0 Å². The van der Waals surface area contributed by atoms with E-state index >= 15 is 0 Å². The molecule has 1 aromatic carbocycles. The molecule has 2 saturated carbocycles. The Hall–Kier alpha value is -2.62. The van der Waals surface area contributed by atoms with Crippen LogP contribution in [0.1, 0.15) is 103 Å². The number of benzene rings is 1. The first-order valence-corrected chi connectivity index (χ1v) is 18.0. The van der Waals surface area contributed by atoms with E-state index in [-0.39, 0.29) is 29.5 Å². The second-order valence-electron chi connectivity index (χ2n) is 12.5. The zero-order chi connectivity index (χ0) is 31.6. The topological polar surface area (TPSA) is 90.0 Å². The summed E-state index contributed by atoms with van der Waals surface area (Å²) in [6.45, 7) is 16.3. The van der Waals surface area contributed by atoms with Gasteiger partial charge in [-0.15, -0.1) is 0 Å². The Balaban J connectivity index is 1.39. The summed E-state index contributed by atoms with van der Waals surface area (Å²) in [5.41, 5.74) is 0.804. The van der Waals surface area contributed by atoms with Crippen LogP contribution in [-0.2, 0) is 14.3 Å². The third-order valence-corrected chi connectivity index (χ3v) is 12.2. The summed E-state index contributed by atoms with van der Waals surface area (Å²) in [5.74, 6) is 3.02. The van der Waals surface area contributed by atoms with Crippen LogP contribution >= 0.6 is 23.5 Å². The summed E-state index contributed by atoms with van der Waals surface area (Å²) in [4.78, 5) is 30.3. The van der Waals surface area contributed by atoms with E-state index in [0.29, 0.717) is 41.8 Å². The molecule has 238 valence electrons. The maximum atomic E-state index is 13.5. The Labute approximate surface area is 271 Å². The van der Waals surface area contributed by atoms with Crippen molar-refractivity contribution in [2.75, 3.05) is 13.2 Å². The minimum atomic E-state index is -0.183. The van der Waals surface area contributed by atoms with Crippen molar-refractivity contribution in [1.29, 1.82) is 5.26 Å². The van der Waals surface area contributed by atoms with Gasteiger partial charge in [-0.05, 0) is 94.1 Å². The second-order valence-corrected chi connectivity index (χ2v) is 14.8. The first-order valence-electron chi connectivity index (χ1n) is 16.4. The van der Waals surface area contributed by atoms with Crippen LogP contribution in [0.25, 0.3) is 4.85 Å². The maximum Gasteiger partial charge on any atom is 0.314 e. The van der Waals surface area contributed by atoms with Gasteiger partial charge in [0.05, 0.1) is 51.7 Å². The fourth-order valence-electron chi connectivity index (χ4n) is 6.51. The lowest BCUT2D eigenvalue weighted by molar-refractivity contribution is -0.148. The van der Waals surface area contributed by atoms with Crippen molar-refractivity contribution in [3.8, 4) is 17.6 Å². The number of thioether (sulfide) groups is 2. The van der Waals surface area contributed by atoms with Crippen LogP contribution in [0.2, 0.25) is 0 Å². The Morgan fingerprint density at radius 3 is 2.27 bits per heavy atom. The third-order valence-electron chi connectivity index (χ3n) is 9.64. The lowest BCUT2D eigenvalue weighted by Gasteiger charge is -2.37. The molecule has 0 spiro atoms. The number of fused-ring (bicyclic) bond motifs is 1. The van der Waals surface area contributed by atoms with Gasteiger partial charge in [-0.25, -0.2) is 10.1 Å². The molecule has 3 aliphatic rings. The number of esters is 2. The number of nitriles is 1. The molecule has 0 saturated heterocycles. The SMILES string of the molecule is [C-]#[N+]/C(C#N)=C1\Sc2c(OCCCCOC(=O)C(C)CC)cc(C)c(OC(=O)C3CCC(C4CCC(CC)CC4)CC3)c2S1. The number of allylic oxidation sites excluding steroid dienone is 1. The number of aryl methyl sites for hydroxylation is 1. The van der Waals surface area contributed by atoms with E-state index in [1.807, 2.05) is 32.9 Å². The molecule has 0 bridgehead atoms. The predicted molar refractivity (Wildman–Crippen MR) is 174 cm³/mol. The molecule has 1 aromatic rings. The molecule has 1 heterocycles. The first kappa shape index (κ1) is 34.3. The summed E-state index contributed by atoms with van der Waals surface area (Å²) in [6.07, 6.45) is 12.7. The highest BCUT2D eigenvalue weighted by Gasteiger charge is 2.35. The van der Waals surface area contributed by atoms with Crippen molar-refractivity contribution in [2.45, 2.75) is 115 Å². The highest BCUT2D eigenvalue weighted by atomic mass is 32.2. The monoisotopic (exact) mass is 638 g/mol. The number of carbonyl (C=O) groups is 2. The van der Waals surface area contributed by atoms with Crippen molar-refractivity contribution in [3.05, 3.63) is 33.0 Å². The predicted octanol–water partition coefficient (Wildman–Crippen LogP) is 9.48. The van der Waals surface area contributed by atoms with Crippen molar-refractivity contribution in [3.63, 3.8) is 0 Å². The molecule has 7 nitrogen and oxygen atoms in total. The molecular weight excluding hydrogens is 593 g/mol. The van der Waals surface area contributed by atoms with Gasteiger partial charge in [0.15, 0.2) is 0 Å². The van der Waals surface area contributed by atoms with Crippen LogP contribution < -0.4 is 9.47 Å². The number of hydrogen-bond acceptors (Lipinski definition) is 8. The minimum Gasteiger partial charge on any atom is -0.492 e. The van der Waals surface area contributed by atoms with Gasteiger partial charge in [0.1, 0.15) is 11.5 Å². The van der Waals surface area contributed by atoms with Crippen LogP contribution in [0, 0.1) is 54.4 Å². The van der Waals surface area contributed by atoms with Crippen LogP contribution in [0.3, 0.4) is 0 Å². The van der Waals surface area contributed by atoms with E-state index in [1.54, 1.807) is 0 Å². The summed E-state index contributed by atoms with van der Waals surface area (Å²) in [7, 11) is 0. The van der Waals surface area contributed by atoms with Crippen molar-refractivity contribution < 1.29 is 23.8 Å². The van der Waals surface area contributed by atoms with E-state index in [9.17, 15) is 14.9 Å². The summed E-state index contributed by atoms with van der Waals surface area (Å²) in [6, 6.07) is 3.88. The Morgan fingerprint density at radius 2 is 1.66 bits per heavy atom. The van der Waals surface area contributed by atoms with Gasteiger partial charge in [-0.2, -0.15) is 0 Å². The Bertz CT molecular complexity index is 1280. The third kappa shape index (κ3) is 8.55. The van der Waals surface area contributed by atoms with Crippen molar-refractivity contribution in [2.24, 2.45) is 29.6 Å². The molecule has 2 fully saturated rings. The van der Waals surface area contributed by atoms with Gasteiger partial charge in [-0.3, -0.25) is 9.59 Å². The van der Waals surface area contributed by atoms with Gasteiger partial charge in [0, 0.05) is 0 Å². The van der Waals surface area contributed by atoms with Gasteiger partial charge >= 0.3 is 11.9 Å². The molecule has 1 aliphatic heterocycles. The van der Waals surface area contributed by atoms with E-state index < -0.39 is 0 Å². The van der Waals surface area contributed by atoms with Gasteiger partial charge in [0.25, 0.3) is 5.70 Å². The standard InChI is InChI=1S/C35H46N2O5S2/c1-6-22(3)33(38)41-19-9-8-18-40-29-20-23(4)30(32-31(29)43-35(44-32)28(21-36)37-5)42-34(39)27-16-14-26(15-17-27)25-12-10-24(7-2)11-13-25/h20,22,24-27H,6-19H2,1-4H3/b35-28+. The van der Waals surface area contributed by atoms with Crippen LogP contribution in [0.5, 0.6) is 11.5 Å². The minimum absolute atomic E-state index is 0.0199.